The lowest BCUT2D eigenvalue weighted by Crippen LogP contribution is -2.40. The standard InChI is InChI=1S/C19H22N2O5S/c1-13-10-14(8-9-16(13)21(2)27(3,23)24)19(22)20-11-15-12-25-17-6-4-5-7-18(17)26-15/h4-10,15H,11-12H2,1-3H3,(H,20,22)/t15-/m0/s1. The Hall–Kier alpha value is -2.74. The van der Waals surface area contributed by atoms with E-state index in [1.165, 1.54) is 11.4 Å². The number of nitrogens with zero attached hydrogens (tertiary/aromatic N) is 1. The highest BCUT2D eigenvalue weighted by Crippen LogP contribution is 2.30. The van der Waals surface area contributed by atoms with Gasteiger partial charge in [0.15, 0.2) is 11.5 Å². The molecule has 1 aliphatic rings. The molecule has 1 atom stereocenters. The summed E-state index contributed by atoms with van der Waals surface area (Å²) in [4.78, 5) is 12.4. The zero-order valence-electron chi connectivity index (χ0n) is 15.4. The third-order valence-corrected chi connectivity index (χ3v) is 5.55. The van der Waals surface area contributed by atoms with Crippen LogP contribution in [0.1, 0.15) is 15.9 Å². The molecule has 0 bridgehead atoms. The van der Waals surface area contributed by atoms with Crippen LogP contribution in [-0.2, 0) is 10.0 Å². The summed E-state index contributed by atoms with van der Waals surface area (Å²) in [5.41, 5.74) is 1.69. The second-order valence-electron chi connectivity index (χ2n) is 6.44. The van der Waals surface area contributed by atoms with Gasteiger partial charge in [-0.15, -0.1) is 0 Å². The van der Waals surface area contributed by atoms with Crippen molar-refractivity contribution in [3.8, 4) is 11.5 Å². The molecular weight excluding hydrogens is 368 g/mol. The Morgan fingerprint density at radius 1 is 1.22 bits per heavy atom. The van der Waals surface area contributed by atoms with Crippen LogP contribution in [0.15, 0.2) is 42.5 Å². The SMILES string of the molecule is Cc1cc(C(=O)NC[C@H]2COc3ccccc3O2)ccc1N(C)S(C)(=O)=O. The molecule has 0 unspecified atom stereocenters. The van der Waals surface area contributed by atoms with E-state index in [9.17, 15) is 13.2 Å². The summed E-state index contributed by atoms with van der Waals surface area (Å²) in [6.45, 7) is 2.43. The molecular formula is C19H22N2O5S. The lowest BCUT2D eigenvalue weighted by Gasteiger charge is -2.26. The van der Waals surface area contributed by atoms with E-state index in [1.54, 1.807) is 25.1 Å². The zero-order chi connectivity index (χ0) is 19.6. The molecule has 1 heterocycles. The number of sulfonamides is 1. The van der Waals surface area contributed by atoms with E-state index in [-0.39, 0.29) is 12.0 Å². The van der Waals surface area contributed by atoms with Gasteiger partial charge in [-0.1, -0.05) is 12.1 Å². The van der Waals surface area contributed by atoms with Crippen molar-refractivity contribution in [2.45, 2.75) is 13.0 Å². The molecule has 27 heavy (non-hydrogen) atoms. The quantitative estimate of drug-likeness (QED) is 0.844. The first-order valence-corrected chi connectivity index (χ1v) is 10.3. The highest BCUT2D eigenvalue weighted by atomic mass is 32.2. The van der Waals surface area contributed by atoms with Crippen molar-refractivity contribution >= 4 is 21.6 Å². The van der Waals surface area contributed by atoms with Crippen LogP contribution in [0.3, 0.4) is 0 Å². The van der Waals surface area contributed by atoms with E-state index < -0.39 is 10.0 Å². The Labute approximate surface area is 158 Å². The summed E-state index contributed by atoms with van der Waals surface area (Å²) in [6.07, 6.45) is 0.859. The molecule has 3 rings (SSSR count). The van der Waals surface area contributed by atoms with Crippen molar-refractivity contribution in [3.05, 3.63) is 53.6 Å². The molecule has 7 nitrogen and oxygen atoms in total. The molecule has 8 heteroatoms. The number of anilines is 1. The monoisotopic (exact) mass is 390 g/mol. The highest BCUT2D eigenvalue weighted by molar-refractivity contribution is 7.92. The van der Waals surface area contributed by atoms with Crippen molar-refractivity contribution in [3.63, 3.8) is 0 Å². The average Bonchev–Trinajstić information content (AvgIpc) is 2.64. The predicted octanol–water partition coefficient (Wildman–Crippen LogP) is 1.96. The van der Waals surface area contributed by atoms with Gasteiger partial charge in [-0.3, -0.25) is 9.10 Å². The number of amides is 1. The molecule has 0 aromatic heterocycles. The number of hydrogen-bond acceptors (Lipinski definition) is 5. The van der Waals surface area contributed by atoms with Gasteiger partial charge in [0.05, 0.1) is 18.5 Å². The second-order valence-corrected chi connectivity index (χ2v) is 8.45. The maximum Gasteiger partial charge on any atom is 0.251 e. The fraction of sp³-hybridized carbons (Fsp3) is 0.316. The number of carbonyl (C=O) groups excluding carboxylic acids is 1. The fourth-order valence-corrected chi connectivity index (χ4v) is 3.36. The Kier molecular flexibility index (Phi) is 5.27. The summed E-state index contributed by atoms with van der Waals surface area (Å²) in [5, 5.41) is 2.83. The van der Waals surface area contributed by atoms with E-state index in [4.69, 9.17) is 9.47 Å². The summed E-state index contributed by atoms with van der Waals surface area (Å²) in [5.74, 6) is 1.10. The molecule has 1 aliphatic heterocycles. The van der Waals surface area contributed by atoms with Gasteiger partial charge >= 0.3 is 0 Å². The Bertz CT molecular complexity index is 958. The van der Waals surface area contributed by atoms with Gasteiger partial charge in [0.1, 0.15) is 12.7 Å². The van der Waals surface area contributed by atoms with Crippen LogP contribution in [0.5, 0.6) is 11.5 Å². The van der Waals surface area contributed by atoms with E-state index in [1.807, 2.05) is 24.3 Å². The highest BCUT2D eigenvalue weighted by Gasteiger charge is 2.22. The minimum absolute atomic E-state index is 0.255. The van der Waals surface area contributed by atoms with Crippen LogP contribution in [0.25, 0.3) is 0 Å². The van der Waals surface area contributed by atoms with Crippen LogP contribution >= 0.6 is 0 Å². The smallest absolute Gasteiger partial charge is 0.251 e. The molecule has 0 saturated heterocycles. The number of carbonyl (C=O) groups is 1. The molecule has 1 amide bonds. The van der Waals surface area contributed by atoms with Crippen LogP contribution in [-0.4, -0.2) is 46.9 Å². The van der Waals surface area contributed by atoms with Crippen molar-refractivity contribution in [1.82, 2.24) is 5.32 Å². The number of fused-ring (bicyclic) bond motifs is 1. The molecule has 0 saturated carbocycles. The summed E-state index contributed by atoms with van der Waals surface area (Å²) < 4.78 is 36.0. The van der Waals surface area contributed by atoms with Crippen molar-refractivity contribution in [2.75, 3.05) is 30.8 Å². The van der Waals surface area contributed by atoms with Gasteiger partial charge in [0.2, 0.25) is 10.0 Å². The number of aryl methyl sites for hydroxylation is 1. The zero-order valence-corrected chi connectivity index (χ0v) is 16.2. The third-order valence-electron chi connectivity index (χ3n) is 4.35. The lowest BCUT2D eigenvalue weighted by molar-refractivity contribution is 0.0789. The third kappa shape index (κ3) is 4.33. The molecule has 0 spiro atoms. The van der Waals surface area contributed by atoms with Crippen molar-refractivity contribution < 1.29 is 22.7 Å². The van der Waals surface area contributed by atoms with Gasteiger partial charge < -0.3 is 14.8 Å². The number of ether oxygens (including phenoxy) is 2. The molecule has 0 aliphatic carbocycles. The lowest BCUT2D eigenvalue weighted by atomic mass is 10.1. The molecule has 144 valence electrons. The van der Waals surface area contributed by atoms with Gasteiger partial charge in [0.25, 0.3) is 5.91 Å². The normalized spacial score (nSPS) is 15.9. The van der Waals surface area contributed by atoms with Crippen LogP contribution in [0.4, 0.5) is 5.69 Å². The van der Waals surface area contributed by atoms with Gasteiger partial charge in [0, 0.05) is 12.6 Å². The largest absolute Gasteiger partial charge is 0.486 e. The minimum atomic E-state index is -3.36. The second kappa shape index (κ2) is 7.48. The summed E-state index contributed by atoms with van der Waals surface area (Å²) >= 11 is 0. The number of para-hydroxylation sites is 2. The summed E-state index contributed by atoms with van der Waals surface area (Å²) in [6, 6.07) is 12.3. The first-order chi connectivity index (χ1) is 12.8. The van der Waals surface area contributed by atoms with Gasteiger partial charge in [-0.2, -0.15) is 0 Å². The number of nitrogens with one attached hydrogen (secondary N) is 1. The molecule has 0 radical (unpaired) electrons. The number of benzene rings is 2. The van der Waals surface area contributed by atoms with E-state index in [0.29, 0.717) is 41.5 Å². The van der Waals surface area contributed by atoms with Gasteiger partial charge in [-0.05, 0) is 42.8 Å². The van der Waals surface area contributed by atoms with Crippen LogP contribution in [0.2, 0.25) is 0 Å². The summed E-state index contributed by atoms with van der Waals surface area (Å²) in [7, 11) is -1.88. The van der Waals surface area contributed by atoms with Crippen LogP contribution < -0.4 is 19.1 Å². The Morgan fingerprint density at radius 2 is 1.93 bits per heavy atom. The van der Waals surface area contributed by atoms with Crippen molar-refractivity contribution in [2.24, 2.45) is 0 Å². The first-order valence-electron chi connectivity index (χ1n) is 8.47. The molecule has 2 aromatic carbocycles. The predicted molar refractivity (Wildman–Crippen MR) is 103 cm³/mol. The Balaban J connectivity index is 1.63. The van der Waals surface area contributed by atoms with E-state index >= 15 is 0 Å². The van der Waals surface area contributed by atoms with E-state index in [0.717, 1.165) is 6.26 Å². The topological polar surface area (TPSA) is 84.9 Å². The number of hydrogen-bond donors (Lipinski definition) is 1. The number of rotatable bonds is 5. The van der Waals surface area contributed by atoms with E-state index in [2.05, 4.69) is 5.32 Å². The molecule has 1 N–H and O–H groups in total. The maximum absolute atomic E-state index is 12.4. The Morgan fingerprint density at radius 3 is 2.59 bits per heavy atom. The minimum Gasteiger partial charge on any atom is -0.486 e. The van der Waals surface area contributed by atoms with Gasteiger partial charge in [-0.25, -0.2) is 8.42 Å². The molecule has 2 aromatic rings. The fourth-order valence-electron chi connectivity index (χ4n) is 2.80. The first kappa shape index (κ1) is 19.0. The van der Waals surface area contributed by atoms with Crippen molar-refractivity contribution in [1.29, 1.82) is 0 Å². The molecule has 0 fully saturated rings. The van der Waals surface area contributed by atoms with Crippen LogP contribution in [0, 0.1) is 6.92 Å². The average molecular weight is 390 g/mol. The maximum atomic E-state index is 12.4.